The van der Waals surface area contributed by atoms with Crippen molar-refractivity contribution in [2.45, 2.75) is 6.92 Å². The third-order valence-electron chi connectivity index (χ3n) is 2.42. The summed E-state index contributed by atoms with van der Waals surface area (Å²) < 4.78 is 25.6. The standard InChI is InChI=1S/C12H12N2O4S/c1-8-6-11(14-19(17,18)7-12(15)16)9-4-2-3-5-10(9)13-8/h2-6H,7H2,1H3,(H,13,14)(H,15,16). The van der Waals surface area contributed by atoms with Crippen LogP contribution in [0.5, 0.6) is 0 Å². The fraction of sp³-hybridized carbons (Fsp3) is 0.167. The summed E-state index contributed by atoms with van der Waals surface area (Å²) in [4.78, 5) is 14.8. The van der Waals surface area contributed by atoms with Gasteiger partial charge in [0.05, 0.1) is 11.2 Å². The summed E-state index contributed by atoms with van der Waals surface area (Å²) in [6.45, 7) is 1.74. The van der Waals surface area contributed by atoms with E-state index in [0.29, 0.717) is 22.3 Å². The summed E-state index contributed by atoms with van der Waals surface area (Å²) in [5.74, 6) is -2.37. The van der Waals surface area contributed by atoms with Crippen molar-refractivity contribution in [3.8, 4) is 0 Å². The molecule has 0 bridgehead atoms. The Morgan fingerprint density at radius 2 is 2.05 bits per heavy atom. The van der Waals surface area contributed by atoms with Crippen LogP contribution >= 0.6 is 0 Å². The Morgan fingerprint density at radius 3 is 2.74 bits per heavy atom. The van der Waals surface area contributed by atoms with Gasteiger partial charge in [0.2, 0.25) is 10.0 Å². The molecule has 0 unspecified atom stereocenters. The molecule has 2 rings (SSSR count). The zero-order valence-electron chi connectivity index (χ0n) is 10.1. The first kappa shape index (κ1) is 13.3. The van der Waals surface area contributed by atoms with Crippen molar-refractivity contribution in [2.75, 3.05) is 10.5 Å². The summed E-state index contributed by atoms with van der Waals surface area (Å²) in [6.07, 6.45) is 0. The van der Waals surface area contributed by atoms with Gasteiger partial charge in [-0.2, -0.15) is 0 Å². The summed E-state index contributed by atoms with van der Waals surface area (Å²) >= 11 is 0. The molecule has 0 fully saturated rings. The number of pyridine rings is 1. The molecule has 2 aromatic rings. The molecule has 19 heavy (non-hydrogen) atoms. The zero-order valence-corrected chi connectivity index (χ0v) is 10.9. The number of anilines is 1. The van der Waals surface area contributed by atoms with Crippen molar-refractivity contribution in [2.24, 2.45) is 0 Å². The highest BCUT2D eigenvalue weighted by Gasteiger charge is 2.17. The first-order valence-corrected chi connectivity index (χ1v) is 7.11. The van der Waals surface area contributed by atoms with E-state index in [1.165, 1.54) is 0 Å². The van der Waals surface area contributed by atoms with Crippen LogP contribution in [0.25, 0.3) is 10.9 Å². The number of sulfonamides is 1. The Bertz CT molecular complexity index is 740. The number of benzene rings is 1. The summed E-state index contributed by atoms with van der Waals surface area (Å²) in [6, 6.07) is 8.61. The van der Waals surface area contributed by atoms with E-state index in [4.69, 9.17) is 5.11 Å². The Morgan fingerprint density at radius 1 is 1.37 bits per heavy atom. The second kappa shape index (κ2) is 4.85. The number of nitrogens with zero attached hydrogens (tertiary/aromatic N) is 1. The van der Waals surface area contributed by atoms with Crippen molar-refractivity contribution >= 4 is 32.6 Å². The average molecular weight is 280 g/mol. The lowest BCUT2D eigenvalue weighted by Gasteiger charge is -2.10. The highest BCUT2D eigenvalue weighted by atomic mass is 32.2. The number of para-hydroxylation sites is 1. The van der Waals surface area contributed by atoms with Crippen LogP contribution in [0.4, 0.5) is 5.69 Å². The number of rotatable bonds is 4. The Labute approximate surface area is 110 Å². The average Bonchev–Trinajstić information content (AvgIpc) is 2.26. The molecule has 0 aliphatic heterocycles. The number of nitrogens with one attached hydrogen (secondary N) is 1. The third-order valence-corrected chi connectivity index (χ3v) is 3.58. The third kappa shape index (κ3) is 3.19. The van der Waals surface area contributed by atoms with Crippen LogP contribution in [-0.4, -0.2) is 30.2 Å². The molecule has 1 heterocycles. The van der Waals surface area contributed by atoms with Crippen LogP contribution in [0.3, 0.4) is 0 Å². The predicted molar refractivity (Wildman–Crippen MR) is 71.5 cm³/mol. The molecular weight excluding hydrogens is 268 g/mol. The van der Waals surface area contributed by atoms with Gasteiger partial charge in [0.15, 0.2) is 5.75 Å². The van der Waals surface area contributed by atoms with Gasteiger partial charge < -0.3 is 5.11 Å². The Hall–Kier alpha value is -2.15. The molecule has 100 valence electrons. The van der Waals surface area contributed by atoms with E-state index in [9.17, 15) is 13.2 Å². The van der Waals surface area contributed by atoms with Gasteiger partial charge in [0.1, 0.15) is 0 Å². The van der Waals surface area contributed by atoms with Crippen molar-refractivity contribution in [1.29, 1.82) is 0 Å². The fourth-order valence-electron chi connectivity index (χ4n) is 1.76. The molecule has 0 radical (unpaired) electrons. The van der Waals surface area contributed by atoms with E-state index in [2.05, 4.69) is 9.71 Å². The number of fused-ring (bicyclic) bond motifs is 1. The summed E-state index contributed by atoms with van der Waals surface area (Å²) in [5, 5.41) is 9.19. The molecule has 6 nitrogen and oxygen atoms in total. The smallest absolute Gasteiger partial charge is 0.320 e. The second-order valence-electron chi connectivity index (χ2n) is 4.08. The number of aryl methyl sites for hydroxylation is 1. The minimum absolute atomic E-state index is 0.337. The first-order chi connectivity index (χ1) is 8.87. The molecule has 0 saturated heterocycles. The molecule has 2 N–H and O–H groups in total. The van der Waals surface area contributed by atoms with Gasteiger partial charge >= 0.3 is 5.97 Å². The van der Waals surface area contributed by atoms with Crippen molar-refractivity contribution in [3.63, 3.8) is 0 Å². The number of hydrogen-bond donors (Lipinski definition) is 2. The van der Waals surface area contributed by atoms with Crippen LogP contribution in [-0.2, 0) is 14.8 Å². The Kier molecular flexibility index (Phi) is 3.39. The molecule has 0 atom stereocenters. The van der Waals surface area contributed by atoms with Gasteiger partial charge in [0, 0.05) is 11.1 Å². The summed E-state index contributed by atoms with van der Waals surface area (Å²) in [7, 11) is -3.92. The van der Waals surface area contributed by atoms with Crippen LogP contribution in [0.15, 0.2) is 30.3 Å². The molecular formula is C12H12N2O4S. The van der Waals surface area contributed by atoms with Gasteiger partial charge in [-0.15, -0.1) is 0 Å². The maximum atomic E-state index is 11.7. The quantitative estimate of drug-likeness (QED) is 0.881. The second-order valence-corrected chi connectivity index (χ2v) is 5.81. The van der Waals surface area contributed by atoms with Gasteiger partial charge in [-0.3, -0.25) is 14.5 Å². The number of aliphatic carboxylic acids is 1. The van der Waals surface area contributed by atoms with E-state index in [1.54, 1.807) is 37.3 Å². The van der Waals surface area contributed by atoms with Crippen molar-refractivity contribution < 1.29 is 18.3 Å². The predicted octanol–water partition coefficient (Wildman–Crippen LogP) is 1.37. The molecule has 1 aromatic heterocycles. The molecule has 0 aliphatic carbocycles. The molecule has 0 spiro atoms. The number of carboxylic acids is 1. The Balaban J connectivity index is 2.48. The van der Waals surface area contributed by atoms with Crippen LogP contribution < -0.4 is 4.72 Å². The normalized spacial score (nSPS) is 11.4. The lowest BCUT2D eigenvalue weighted by Crippen LogP contribution is -2.22. The van der Waals surface area contributed by atoms with Crippen LogP contribution in [0.2, 0.25) is 0 Å². The molecule has 1 aromatic carbocycles. The van der Waals surface area contributed by atoms with Gasteiger partial charge in [-0.25, -0.2) is 8.42 Å². The van der Waals surface area contributed by atoms with E-state index >= 15 is 0 Å². The maximum absolute atomic E-state index is 11.7. The van der Waals surface area contributed by atoms with Gasteiger partial charge in [-0.05, 0) is 19.1 Å². The van der Waals surface area contributed by atoms with Gasteiger partial charge in [0.25, 0.3) is 0 Å². The largest absolute Gasteiger partial charge is 0.480 e. The SMILES string of the molecule is Cc1cc(NS(=O)(=O)CC(=O)O)c2ccccc2n1. The van der Waals surface area contributed by atoms with E-state index in [0.717, 1.165) is 0 Å². The molecule has 0 amide bonds. The summed E-state index contributed by atoms with van der Waals surface area (Å²) in [5.41, 5.74) is 1.63. The topological polar surface area (TPSA) is 96.4 Å². The lowest BCUT2D eigenvalue weighted by molar-refractivity contribution is -0.134. The highest BCUT2D eigenvalue weighted by Crippen LogP contribution is 2.23. The lowest BCUT2D eigenvalue weighted by atomic mass is 10.2. The number of carboxylic acid groups (broad SMARTS) is 1. The molecule has 0 saturated carbocycles. The van der Waals surface area contributed by atoms with E-state index in [1.807, 2.05) is 0 Å². The monoisotopic (exact) mass is 280 g/mol. The molecule has 7 heteroatoms. The van der Waals surface area contributed by atoms with Crippen LogP contribution in [0.1, 0.15) is 5.69 Å². The van der Waals surface area contributed by atoms with Crippen molar-refractivity contribution in [1.82, 2.24) is 4.98 Å². The number of carbonyl (C=O) groups is 1. The fourth-order valence-corrected chi connectivity index (χ4v) is 2.66. The number of aromatic nitrogens is 1. The van der Waals surface area contributed by atoms with E-state index in [-0.39, 0.29) is 0 Å². The minimum atomic E-state index is -3.92. The maximum Gasteiger partial charge on any atom is 0.320 e. The zero-order chi connectivity index (χ0) is 14.0. The van der Waals surface area contributed by atoms with E-state index < -0.39 is 21.7 Å². The minimum Gasteiger partial charge on any atom is -0.480 e. The van der Waals surface area contributed by atoms with Crippen LogP contribution in [0, 0.1) is 6.92 Å². The highest BCUT2D eigenvalue weighted by molar-refractivity contribution is 7.93. The first-order valence-electron chi connectivity index (χ1n) is 5.46. The molecule has 0 aliphatic rings. The van der Waals surface area contributed by atoms with Crippen molar-refractivity contribution in [3.05, 3.63) is 36.0 Å². The van der Waals surface area contributed by atoms with Gasteiger partial charge in [-0.1, -0.05) is 18.2 Å². The number of hydrogen-bond acceptors (Lipinski definition) is 4.